The molecule has 2 rings (SSSR count). The van der Waals surface area contributed by atoms with Crippen LogP contribution in [0.3, 0.4) is 0 Å². The molecule has 0 radical (unpaired) electrons. The van der Waals surface area contributed by atoms with Crippen LogP contribution in [0, 0.1) is 0 Å². The van der Waals surface area contributed by atoms with E-state index in [1.165, 1.54) is 11.8 Å². The van der Waals surface area contributed by atoms with Crippen LogP contribution in [-0.4, -0.2) is 57.4 Å². The Kier molecular flexibility index (Phi) is 5.86. The minimum absolute atomic E-state index is 0.000293. The first-order chi connectivity index (χ1) is 10.2. The minimum Gasteiger partial charge on any atom is -0.481 e. The van der Waals surface area contributed by atoms with Crippen molar-refractivity contribution in [2.45, 2.75) is 44.5 Å². The molecular formula is C13H22N4O3S. The van der Waals surface area contributed by atoms with Gasteiger partial charge in [0.05, 0.1) is 11.9 Å². The van der Waals surface area contributed by atoms with Gasteiger partial charge in [-0.05, 0) is 26.7 Å². The zero-order valence-electron chi connectivity index (χ0n) is 12.5. The molecule has 1 aliphatic rings. The van der Waals surface area contributed by atoms with Crippen molar-refractivity contribution in [3.63, 3.8) is 0 Å². The van der Waals surface area contributed by atoms with Gasteiger partial charge in [0.15, 0.2) is 5.16 Å². The predicted octanol–water partition coefficient (Wildman–Crippen LogP) is 1.48. The smallest absolute Gasteiger partial charge is 0.313 e. The highest BCUT2D eigenvalue weighted by Crippen LogP contribution is 2.24. The van der Waals surface area contributed by atoms with Gasteiger partial charge < -0.3 is 14.7 Å². The summed E-state index contributed by atoms with van der Waals surface area (Å²) in [6.45, 7) is 7.22. The molecule has 0 spiro atoms. The van der Waals surface area contributed by atoms with E-state index in [1.54, 1.807) is 0 Å². The lowest BCUT2D eigenvalue weighted by Crippen LogP contribution is -2.41. The number of anilines is 1. The average molecular weight is 314 g/mol. The summed E-state index contributed by atoms with van der Waals surface area (Å²) in [6.07, 6.45) is 2.38. The molecule has 0 bridgehead atoms. The Balaban J connectivity index is 2.09. The first-order valence-corrected chi connectivity index (χ1v) is 8.28. The van der Waals surface area contributed by atoms with Gasteiger partial charge in [-0.1, -0.05) is 11.8 Å². The summed E-state index contributed by atoms with van der Waals surface area (Å²) in [4.78, 5) is 12.9. The first kappa shape index (κ1) is 16.1. The molecular weight excluding hydrogens is 292 g/mol. The van der Waals surface area contributed by atoms with E-state index in [0.717, 1.165) is 45.0 Å². The van der Waals surface area contributed by atoms with Gasteiger partial charge in [0, 0.05) is 26.2 Å². The number of rotatable bonds is 7. The number of carboxylic acid groups (broad SMARTS) is 1. The van der Waals surface area contributed by atoms with E-state index in [9.17, 15) is 4.79 Å². The lowest BCUT2D eigenvalue weighted by molar-refractivity contribution is -0.133. The Labute approximate surface area is 128 Å². The Morgan fingerprint density at radius 3 is 2.95 bits per heavy atom. The maximum absolute atomic E-state index is 10.7. The van der Waals surface area contributed by atoms with Crippen LogP contribution in [0.2, 0.25) is 0 Å². The van der Waals surface area contributed by atoms with Crippen molar-refractivity contribution in [3.8, 4) is 0 Å². The third-order valence-corrected chi connectivity index (χ3v) is 4.35. The maximum Gasteiger partial charge on any atom is 0.313 e. The van der Waals surface area contributed by atoms with Crippen molar-refractivity contribution < 1.29 is 14.6 Å². The summed E-state index contributed by atoms with van der Waals surface area (Å²) in [5.41, 5.74) is 0. The average Bonchev–Trinajstić information content (AvgIpc) is 2.88. The summed E-state index contributed by atoms with van der Waals surface area (Å²) in [7, 11) is 0. The molecule has 1 atom stereocenters. The Hall–Kier alpha value is -1.28. The van der Waals surface area contributed by atoms with E-state index in [0.29, 0.717) is 5.16 Å². The summed E-state index contributed by atoms with van der Waals surface area (Å²) < 4.78 is 7.69. The molecule has 118 valence electrons. The van der Waals surface area contributed by atoms with E-state index in [4.69, 9.17) is 9.84 Å². The molecule has 1 aromatic heterocycles. The Bertz CT molecular complexity index is 478. The number of hydrogen-bond acceptors (Lipinski definition) is 6. The van der Waals surface area contributed by atoms with Gasteiger partial charge in [0.2, 0.25) is 5.95 Å². The van der Waals surface area contributed by atoms with Gasteiger partial charge in [0.25, 0.3) is 0 Å². The summed E-state index contributed by atoms with van der Waals surface area (Å²) in [5.74, 6) is -0.0314. The molecule has 1 saturated heterocycles. The minimum atomic E-state index is -0.846. The monoisotopic (exact) mass is 314 g/mol. The third kappa shape index (κ3) is 4.10. The van der Waals surface area contributed by atoms with E-state index >= 15 is 0 Å². The number of hydrogen-bond donors (Lipinski definition) is 1. The number of ether oxygens (including phenoxy) is 1. The fourth-order valence-electron chi connectivity index (χ4n) is 2.52. The van der Waals surface area contributed by atoms with Crippen molar-refractivity contribution in [2.75, 3.05) is 30.3 Å². The van der Waals surface area contributed by atoms with Crippen molar-refractivity contribution in [1.82, 2.24) is 14.8 Å². The van der Waals surface area contributed by atoms with Crippen LogP contribution in [0.4, 0.5) is 5.95 Å². The lowest BCUT2D eigenvalue weighted by atomic mass is 10.1. The fourth-order valence-corrected chi connectivity index (χ4v) is 3.23. The van der Waals surface area contributed by atoms with Gasteiger partial charge in [-0.15, -0.1) is 10.2 Å². The number of aliphatic carboxylic acids is 1. The number of nitrogens with zero attached hydrogens (tertiary/aromatic N) is 4. The molecule has 1 unspecified atom stereocenters. The molecule has 0 amide bonds. The van der Waals surface area contributed by atoms with Crippen LogP contribution in [0.1, 0.15) is 26.7 Å². The number of thioether (sulfide) groups is 1. The Morgan fingerprint density at radius 1 is 1.48 bits per heavy atom. The molecule has 0 aromatic carbocycles. The van der Waals surface area contributed by atoms with Crippen molar-refractivity contribution in [3.05, 3.63) is 0 Å². The van der Waals surface area contributed by atoms with Crippen LogP contribution >= 0.6 is 11.8 Å². The number of piperidine rings is 1. The van der Waals surface area contributed by atoms with E-state index < -0.39 is 5.97 Å². The summed E-state index contributed by atoms with van der Waals surface area (Å²) in [5, 5.41) is 17.8. The molecule has 0 saturated carbocycles. The standard InChI is InChI=1S/C13H22N4O3S/c1-3-17-12(14-15-13(17)21-9-11(18)19)16-7-5-6-10(8-16)20-4-2/h10H,3-9H2,1-2H3,(H,18,19). The normalized spacial score (nSPS) is 19.0. The molecule has 1 fully saturated rings. The molecule has 0 aliphatic carbocycles. The largest absolute Gasteiger partial charge is 0.481 e. The zero-order valence-corrected chi connectivity index (χ0v) is 13.3. The highest BCUT2D eigenvalue weighted by molar-refractivity contribution is 7.99. The van der Waals surface area contributed by atoms with Gasteiger partial charge in [-0.2, -0.15) is 0 Å². The van der Waals surface area contributed by atoms with Gasteiger partial charge in [-0.25, -0.2) is 0 Å². The van der Waals surface area contributed by atoms with E-state index in [-0.39, 0.29) is 11.9 Å². The fraction of sp³-hybridized carbons (Fsp3) is 0.769. The summed E-state index contributed by atoms with van der Waals surface area (Å²) in [6, 6.07) is 0. The van der Waals surface area contributed by atoms with Crippen LogP contribution in [0.15, 0.2) is 5.16 Å². The van der Waals surface area contributed by atoms with Gasteiger partial charge in [0.1, 0.15) is 0 Å². The van der Waals surface area contributed by atoms with Crippen LogP contribution in [0.5, 0.6) is 0 Å². The van der Waals surface area contributed by atoms with E-state index in [1.807, 2.05) is 18.4 Å². The van der Waals surface area contributed by atoms with Crippen molar-refractivity contribution >= 4 is 23.7 Å². The maximum atomic E-state index is 10.7. The summed E-state index contributed by atoms with van der Waals surface area (Å²) >= 11 is 1.21. The highest BCUT2D eigenvalue weighted by Gasteiger charge is 2.25. The molecule has 7 nitrogen and oxygen atoms in total. The van der Waals surface area contributed by atoms with E-state index in [2.05, 4.69) is 15.1 Å². The molecule has 1 aromatic rings. The second kappa shape index (κ2) is 7.65. The van der Waals surface area contributed by atoms with Crippen LogP contribution in [-0.2, 0) is 16.1 Å². The SMILES string of the molecule is CCOC1CCCN(c2nnc(SCC(=O)O)n2CC)C1. The molecule has 1 N–H and O–H groups in total. The molecule has 21 heavy (non-hydrogen) atoms. The van der Waals surface area contributed by atoms with Crippen LogP contribution < -0.4 is 4.90 Å². The highest BCUT2D eigenvalue weighted by atomic mass is 32.2. The zero-order chi connectivity index (χ0) is 15.2. The topological polar surface area (TPSA) is 80.5 Å². The van der Waals surface area contributed by atoms with Gasteiger partial charge >= 0.3 is 5.97 Å². The lowest BCUT2D eigenvalue weighted by Gasteiger charge is -2.33. The second-order valence-electron chi connectivity index (χ2n) is 4.87. The first-order valence-electron chi connectivity index (χ1n) is 7.30. The molecule has 2 heterocycles. The molecule has 1 aliphatic heterocycles. The van der Waals surface area contributed by atoms with Crippen molar-refractivity contribution in [1.29, 1.82) is 0 Å². The number of carboxylic acids is 1. The third-order valence-electron chi connectivity index (χ3n) is 3.40. The van der Waals surface area contributed by atoms with Crippen LogP contribution in [0.25, 0.3) is 0 Å². The Morgan fingerprint density at radius 2 is 2.29 bits per heavy atom. The second-order valence-corrected chi connectivity index (χ2v) is 5.82. The predicted molar refractivity (Wildman–Crippen MR) is 80.9 cm³/mol. The number of aromatic nitrogens is 3. The molecule has 8 heteroatoms. The quantitative estimate of drug-likeness (QED) is 0.763. The van der Waals surface area contributed by atoms with Crippen molar-refractivity contribution in [2.24, 2.45) is 0 Å². The number of carbonyl (C=O) groups is 1. The van der Waals surface area contributed by atoms with Gasteiger partial charge in [-0.3, -0.25) is 9.36 Å².